The second-order valence-electron chi connectivity index (χ2n) is 5.04. The van der Waals surface area contributed by atoms with Gasteiger partial charge in [-0.1, -0.05) is 20.8 Å². The third-order valence-corrected chi connectivity index (χ3v) is 2.64. The summed E-state index contributed by atoms with van der Waals surface area (Å²) in [6.45, 7) is 7.27. The van der Waals surface area contributed by atoms with Crippen molar-refractivity contribution in [2.24, 2.45) is 5.41 Å². The van der Waals surface area contributed by atoms with Gasteiger partial charge in [-0.3, -0.25) is 0 Å². The Morgan fingerprint density at radius 1 is 1.12 bits per heavy atom. The van der Waals surface area contributed by atoms with Gasteiger partial charge in [0.05, 0.1) is 0 Å². The van der Waals surface area contributed by atoms with Crippen LogP contribution in [-0.2, 0) is 4.74 Å². The summed E-state index contributed by atoms with van der Waals surface area (Å²) in [7, 11) is 0. The predicted molar refractivity (Wildman–Crippen MR) is 63.0 cm³/mol. The molecule has 17 heavy (non-hydrogen) atoms. The van der Waals surface area contributed by atoms with Crippen LogP contribution >= 0.6 is 0 Å². The van der Waals surface area contributed by atoms with Crippen LogP contribution in [0.25, 0.3) is 0 Å². The largest absolute Gasteiger partial charge is 0.411 e. The summed E-state index contributed by atoms with van der Waals surface area (Å²) < 4.78 is 39.9. The SMILES string of the molecule is CCNCCC(C)(C)CCCOCC(F)(F)F. The second kappa shape index (κ2) is 7.93. The van der Waals surface area contributed by atoms with Crippen molar-refractivity contribution in [3.05, 3.63) is 0 Å². The normalized spacial score (nSPS) is 13.1. The van der Waals surface area contributed by atoms with Crippen LogP contribution in [0.2, 0.25) is 0 Å². The van der Waals surface area contributed by atoms with Gasteiger partial charge in [0.2, 0.25) is 0 Å². The molecule has 0 unspecified atom stereocenters. The average Bonchev–Trinajstić information content (AvgIpc) is 2.15. The number of hydrogen-bond acceptors (Lipinski definition) is 2. The molecule has 0 aliphatic heterocycles. The molecule has 0 bridgehead atoms. The predicted octanol–water partition coefficient (Wildman–Crippen LogP) is 3.37. The quantitative estimate of drug-likeness (QED) is 0.638. The van der Waals surface area contributed by atoms with E-state index in [0.29, 0.717) is 6.42 Å². The monoisotopic (exact) mass is 255 g/mol. The van der Waals surface area contributed by atoms with Gasteiger partial charge in [-0.15, -0.1) is 0 Å². The van der Waals surface area contributed by atoms with E-state index in [1.54, 1.807) is 0 Å². The van der Waals surface area contributed by atoms with Crippen LogP contribution in [0.5, 0.6) is 0 Å². The minimum Gasteiger partial charge on any atom is -0.372 e. The highest BCUT2D eigenvalue weighted by Crippen LogP contribution is 2.26. The second-order valence-corrected chi connectivity index (χ2v) is 5.04. The zero-order chi connectivity index (χ0) is 13.4. The molecule has 104 valence electrons. The first kappa shape index (κ1) is 16.7. The Labute approximate surface area is 102 Å². The van der Waals surface area contributed by atoms with Crippen LogP contribution < -0.4 is 5.32 Å². The van der Waals surface area contributed by atoms with E-state index < -0.39 is 12.8 Å². The van der Waals surface area contributed by atoms with E-state index in [1.807, 2.05) is 0 Å². The van der Waals surface area contributed by atoms with Gasteiger partial charge >= 0.3 is 6.18 Å². The van der Waals surface area contributed by atoms with Gasteiger partial charge in [-0.25, -0.2) is 0 Å². The van der Waals surface area contributed by atoms with Gasteiger partial charge in [0.15, 0.2) is 0 Å². The number of ether oxygens (including phenoxy) is 1. The van der Waals surface area contributed by atoms with Crippen molar-refractivity contribution in [3.63, 3.8) is 0 Å². The summed E-state index contributed by atoms with van der Waals surface area (Å²) in [5, 5.41) is 3.25. The van der Waals surface area contributed by atoms with E-state index in [1.165, 1.54) is 0 Å². The van der Waals surface area contributed by atoms with E-state index in [0.717, 1.165) is 25.9 Å². The Bertz CT molecular complexity index is 193. The first-order chi connectivity index (χ1) is 7.77. The molecular formula is C12H24F3NO. The molecule has 0 atom stereocenters. The van der Waals surface area contributed by atoms with Crippen molar-refractivity contribution in [1.82, 2.24) is 5.32 Å². The zero-order valence-electron chi connectivity index (χ0n) is 11.0. The van der Waals surface area contributed by atoms with Crippen LogP contribution in [0.4, 0.5) is 13.2 Å². The molecule has 0 spiro atoms. The third kappa shape index (κ3) is 12.0. The van der Waals surface area contributed by atoms with Crippen molar-refractivity contribution in [2.75, 3.05) is 26.3 Å². The average molecular weight is 255 g/mol. The maximum atomic E-state index is 11.8. The van der Waals surface area contributed by atoms with E-state index in [2.05, 4.69) is 30.8 Å². The molecule has 0 aromatic carbocycles. The number of halogens is 3. The lowest BCUT2D eigenvalue weighted by Gasteiger charge is -2.24. The lowest BCUT2D eigenvalue weighted by Crippen LogP contribution is -2.23. The molecule has 0 heterocycles. The Morgan fingerprint density at radius 3 is 2.29 bits per heavy atom. The summed E-state index contributed by atoms with van der Waals surface area (Å²) in [6, 6.07) is 0. The Balaban J connectivity index is 3.51. The minimum atomic E-state index is -4.21. The van der Waals surface area contributed by atoms with Crippen LogP contribution in [0, 0.1) is 5.41 Å². The summed E-state index contributed by atoms with van der Waals surface area (Å²) in [4.78, 5) is 0. The van der Waals surface area contributed by atoms with Crippen LogP contribution in [0.3, 0.4) is 0 Å². The molecule has 0 saturated carbocycles. The van der Waals surface area contributed by atoms with Crippen molar-refractivity contribution in [1.29, 1.82) is 0 Å². The molecule has 0 rings (SSSR count). The minimum absolute atomic E-state index is 0.157. The standard InChI is InChI=1S/C12H24F3NO/c1-4-16-8-7-11(2,3)6-5-9-17-10-12(13,14)15/h16H,4-10H2,1-3H3. The van der Waals surface area contributed by atoms with Gasteiger partial charge in [-0.2, -0.15) is 13.2 Å². The van der Waals surface area contributed by atoms with Crippen molar-refractivity contribution in [2.45, 2.75) is 46.2 Å². The smallest absolute Gasteiger partial charge is 0.372 e. The lowest BCUT2D eigenvalue weighted by atomic mass is 9.84. The molecule has 0 aliphatic carbocycles. The molecule has 1 N–H and O–H groups in total. The number of nitrogens with one attached hydrogen (secondary N) is 1. The van der Waals surface area contributed by atoms with Gasteiger partial charge in [0.1, 0.15) is 6.61 Å². The van der Waals surface area contributed by atoms with Gasteiger partial charge in [0.25, 0.3) is 0 Å². The first-order valence-electron chi connectivity index (χ1n) is 6.12. The maximum absolute atomic E-state index is 11.8. The molecule has 0 aromatic rings. The number of hydrogen-bond donors (Lipinski definition) is 1. The van der Waals surface area contributed by atoms with Gasteiger partial charge < -0.3 is 10.1 Å². The number of rotatable bonds is 9. The fraction of sp³-hybridized carbons (Fsp3) is 1.00. The van der Waals surface area contributed by atoms with Crippen molar-refractivity contribution in [3.8, 4) is 0 Å². The van der Waals surface area contributed by atoms with Crippen LogP contribution in [0.15, 0.2) is 0 Å². The summed E-state index contributed by atoms with van der Waals surface area (Å²) >= 11 is 0. The molecule has 0 radical (unpaired) electrons. The number of alkyl halides is 3. The topological polar surface area (TPSA) is 21.3 Å². The Morgan fingerprint density at radius 2 is 1.76 bits per heavy atom. The molecular weight excluding hydrogens is 231 g/mol. The van der Waals surface area contributed by atoms with E-state index in [4.69, 9.17) is 0 Å². The molecule has 0 amide bonds. The zero-order valence-corrected chi connectivity index (χ0v) is 11.0. The molecule has 5 heteroatoms. The van der Waals surface area contributed by atoms with Crippen molar-refractivity contribution >= 4 is 0 Å². The van der Waals surface area contributed by atoms with E-state index >= 15 is 0 Å². The highest BCUT2D eigenvalue weighted by Gasteiger charge is 2.27. The molecule has 0 fully saturated rings. The van der Waals surface area contributed by atoms with Crippen LogP contribution in [-0.4, -0.2) is 32.5 Å². The molecule has 0 aromatic heterocycles. The van der Waals surface area contributed by atoms with Crippen molar-refractivity contribution < 1.29 is 17.9 Å². The first-order valence-corrected chi connectivity index (χ1v) is 6.12. The van der Waals surface area contributed by atoms with Crippen LogP contribution in [0.1, 0.15) is 40.0 Å². The third-order valence-electron chi connectivity index (χ3n) is 2.64. The fourth-order valence-electron chi connectivity index (χ4n) is 1.57. The van der Waals surface area contributed by atoms with Gasteiger partial charge in [0, 0.05) is 6.61 Å². The highest BCUT2D eigenvalue weighted by molar-refractivity contribution is 4.69. The maximum Gasteiger partial charge on any atom is 0.411 e. The van der Waals surface area contributed by atoms with Gasteiger partial charge in [-0.05, 0) is 37.8 Å². The lowest BCUT2D eigenvalue weighted by molar-refractivity contribution is -0.174. The molecule has 2 nitrogen and oxygen atoms in total. The molecule has 0 saturated heterocycles. The van der Waals surface area contributed by atoms with E-state index in [9.17, 15) is 13.2 Å². The summed E-state index contributed by atoms with van der Waals surface area (Å²) in [6.07, 6.45) is -1.62. The van der Waals surface area contributed by atoms with E-state index in [-0.39, 0.29) is 12.0 Å². The Kier molecular flexibility index (Phi) is 7.79. The summed E-state index contributed by atoms with van der Waals surface area (Å²) in [5.74, 6) is 0. The molecule has 0 aliphatic rings. The Hall–Kier alpha value is -0.290. The fourth-order valence-corrected chi connectivity index (χ4v) is 1.57. The highest BCUT2D eigenvalue weighted by atomic mass is 19.4. The summed E-state index contributed by atoms with van der Waals surface area (Å²) in [5.41, 5.74) is 0.157.